The first-order chi connectivity index (χ1) is 10.3. The molecule has 0 saturated heterocycles. The lowest BCUT2D eigenvalue weighted by molar-refractivity contribution is 0.0905. The maximum Gasteiger partial charge on any atom is 0.190 e. The quantitative estimate of drug-likeness (QED) is 0.707. The van der Waals surface area contributed by atoms with Gasteiger partial charge in [-0.05, 0) is 23.8 Å². The van der Waals surface area contributed by atoms with Gasteiger partial charge in [0.05, 0.1) is 0 Å². The summed E-state index contributed by atoms with van der Waals surface area (Å²) < 4.78 is 5.75. The fraction of sp³-hybridized carbons (Fsp3) is 0.118. The molecule has 106 valence electrons. The summed E-state index contributed by atoms with van der Waals surface area (Å²) in [7, 11) is 0. The van der Waals surface area contributed by atoms with Crippen molar-refractivity contribution < 1.29 is 14.6 Å². The number of nitrogens with one attached hydrogen (secondary N) is 1. The summed E-state index contributed by atoms with van der Waals surface area (Å²) >= 11 is 0. The van der Waals surface area contributed by atoms with Gasteiger partial charge in [-0.25, -0.2) is 0 Å². The lowest BCUT2D eigenvalue weighted by atomic mass is 10.1. The van der Waals surface area contributed by atoms with Crippen LogP contribution < -0.4 is 4.74 Å². The Hall–Kier alpha value is -2.59. The molecule has 4 heteroatoms. The Morgan fingerprint density at radius 3 is 2.71 bits per heavy atom. The molecule has 1 aromatic heterocycles. The van der Waals surface area contributed by atoms with Crippen molar-refractivity contribution in [1.29, 1.82) is 0 Å². The van der Waals surface area contributed by atoms with Gasteiger partial charge >= 0.3 is 0 Å². The lowest BCUT2D eigenvalue weighted by Crippen LogP contribution is -2.03. The number of Topliss-reactive ketones (excluding diaryl/α,β-unsaturated/α-hetero) is 1. The van der Waals surface area contributed by atoms with Gasteiger partial charge in [-0.3, -0.25) is 4.79 Å². The number of rotatable bonds is 5. The minimum Gasteiger partial charge on any atom is -0.489 e. The molecule has 0 aliphatic carbocycles. The summed E-state index contributed by atoms with van der Waals surface area (Å²) in [5.74, 6) is 0.388. The summed E-state index contributed by atoms with van der Waals surface area (Å²) in [6.07, 6.45) is 1.62. The zero-order valence-corrected chi connectivity index (χ0v) is 11.4. The third kappa shape index (κ3) is 2.80. The fourth-order valence-electron chi connectivity index (χ4n) is 2.25. The molecule has 0 amide bonds. The Balaban J connectivity index is 1.84. The van der Waals surface area contributed by atoms with Crippen LogP contribution >= 0.6 is 0 Å². The van der Waals surface area contributed by atoms with Gasteiger partial charge in [0.1, 0.15) is 19.0 Å². The topological polar surface area (TPSA) is 62.3 Å². The number of ether oxygens (including phenoxy) is 1. The van der Waals surface area contributed by atoms with Gasteiger partial charge in [0.15, 0.2) is 5.78 Å². The molecule has 3 aromatic rings. The van der Waals surface area contributed by atoms with E-state index in [-0.39, 0.29) is 5.78 Å². The maximum atomic E-state index is 11.7. The molecule has 2 N–H and O–H groups in total. The standard InChI is InChI=1S/C17H15NO3/c19-10-17(20)15-9-18-16-7-6-13(8-14(15)16)21-11-12-4-2-1-3-5-12/h1-9,18-19H,10-11H2. The molecule has 4 nitrogen and oxygen atoms in total. The van der Waals surface area contributed by atoms with Crippen LogP contribution in [-0.2, 0) is 6.61 Å². The normalized spacial score (nSPS) is 10.7. The first-order valence-corrected chi connectivity index (χ1v) is 6.70. The molecule has 21 heavy (non-hydrogen) atoms. The van der Waals surface area contributed by atoms with E-state index >= 15 is 0 Å². The molecule has 0 saturated carbocycles. The van der Waals surface area contributed by atoms with E-state index in [2.05, 4.69) is 4.98 Å². The largest absolute Gasteiger partial charge is 0.489 e. The summed E-state index contributed by atoms with van der Waals surface area (Å²) in [6, 6.07) is 15.4. The molecule has 0 atom stereocenters. The molecular formula is C17H15NO3. The first kappa shape index (κ1) is 13.4. The Morgan fingerprint density at radius 2 is 1.95 bits per heavy atom. The maximum absolute atomic E-state index is 11.7. The van der Waals surface area contributed by atoms with Crippen molar-refractivity contribution in [2.45, 2.75) is 6.61 Å². The van der Waals surface area contributed by atoms with Crippen LogP contribution in [0.15, 0.2) is 54.7 Å². The van der Waals surface area contributed by atoms with Crippen molar-refractivity contribution in [3.63, 3.8) is 0 Å². The van der Waals surface area contributed by atoms with Gasteiger partial charge in [-0.2, -0.15) is 0 Å². The van der Waals surface area contributed by atoms with Crippen molar-refractivity contribution in [2.75, 3.05) is 6.61 Å². The highest BCUT2D eigenvalue weighted by molar-refractivity contribution is 6.08. The molecule has 0 spiro atoms. The van der Waals surface area contributed by atoms with Gasteiger partial charge in [0, 0.05) is 22.7 Å². The van der Waals surface area contributed by atoms with E-state index < -0.39 is 6.61 Å². The number of ketones is 1. The molecular weight excluding hydrogens is 266 g/mol. The second-order valence-corrected chi connectivity index (χ2v) is 4.77. The van der Waals surface area contributed by atoms with Crippen LogP contribution in [0.2, 0.25) is 0 Å². The van der Waals surface area contributed by atoms with E-state index in [1.165, 1.54) is 0 Å². The molecule has 0 radical (unpaired) electrons. The van der Waals surface area contributed by atoms with Crippen molar-refractivity contribution in [2.24, 2.45) is 0 Å². The van der Waals surface area contributed by atoms with Gasteiger partial charge < -0.3 is 14.8 Å². The second kappa shape index (κ2) is 5.81. The molecule has 0 aliphatic rings. The zero-order chi connectivity index (χ0) is 14.7. The highest BCUT2D eigenvalue weighted by Crippen LogP contribution is 2.24. The Kier molecular flexibility index (Phi) is 3.71. The summed E-state index contributed by atoms with van der Waals surface area (Å²) in [5, 5.41) is 9.76. The third-order valence-corrected chi connectivity index (χ3v) is 3.35. The van der Waals surface area contributed by atoms with E-state index in [1.807, 2.05) is 48.5 Å². The Bertz CT molecular complexity index is 762. The van der Waals surface area contributed by atoms with Crippen LogP contribution in [0.4, 0.5) is 0 Å². The number of aromatic amines is 1. The predicted molar refractivity (Wildman–Crippen MR) is 80.5 cm³/mol. The van der Waals surface area contributed by atoms with Gasteiger partial charge in [-0.15, -0.1) is 0 Å². The number of carbonyl (C=O) groups excluding carboxylic acids is 1. The van der Waals surface area contributed by atoms with Crippen molar-refractivity contribution in [1.82, 2.24) is 4.98 Å². The number of hydrogen-bond donors (Lipinski definition) is 2. The number of H-pyrrole nitrogens is 1. The van der Waals surface area contributed by atoms with Gasteiger partial charge in [-0.1, -0.05) is 30.3 Å². The Labute approximate surface area is 122 Å². The van der Waals surface area contributed by atoms with Crippen molar-refractivity contribution in [3.05, 3.63) is 65.9 Å². The van der Waals surface area contributed by atoms with Crippen LogP contribution in [0, 0.1) is 0 Å². The molecule has 0 aliphatic heterocycles. The molecule has 3 rings (SSSR count). The lowest BCUT2D eigenvalue weighted by Gasteiger charge is -2.06. The van der Waals surface area contributed by atoms with Gasteiger partial charge in [0.2, 0.25) is 0 Å². The first-order valence-electron chi connectivity index (χ1n) is 6.70. The summed E-state index contributed by atoms with van der Waals surface area (Å²) in [6.45, 7) is -0.0257. The number of aliphatic hydroxyl groups excluding tert-OH is 1. The highest BCUT2D eigenvalue weighted by atomic mass is 16.5. The van der Waals surface area contributed by atoms with E-state index in [1.54, 1.807) is 6.20 Å². The SMILES string of the molecule is O=C(CO)c1c[nH]c2ccc(OCc3ccccc3)cc12. The van der Waals surface area contributed by atoms with E-state index in [0.29, 0.717) is 17.9 Å². The van der Waals surface area contributed by atoms with E-state index in [0.717, 1.165) is 16.5 Å². The van der Waals surface area contributed by atoms with Crippen molar-refractivity contribution >= 4 is 16.7 Å². The van der Waals surface area contributed by atoms with Crippen molar-refractivity contribution in [3.8, 4) is 5.75 Å². The average Bonchev–Trinajstić information content (AvgIpc) is 2.96. The summed E-state index contributed by atoms with van der Waals surface area (Å²) in [5.41, 5.74) is 2.41. The van der Waals surface area contributed by atoms with Crippen LogP contribution in [0.5, 0.6) is 5.75 Å². The molecule has 0 unspecified atom stereocenters. The average molecular weight is 281 g/mol. The molecule has 0 fully saturated rings. The smallest absolute Gasteiger partial charge is 0.190 e. The monoisotopic (exact) mass is 281 g/mol. The minimum absolute atomic E-state index is 0.304. The number of fused-ring (bicyclic) bond motifs is 1. The third-order valence-electron chi connectivity index (χ3n) is 3.35. The van der Waals surface area contributed by atoms with Crippen LogP contribution in [0.25, 0.3) is 10.9 Å². The molecule has 0 bridgehead atoms. The minimum atomic E-state index is -0.498. The van der Waals surface area contributed by atoms with E-state index in [9.17, 15) is 4.79 Å². The number of hydrogen-bond acceptors (Lipinski definition) is 3. The summed E-state index contributed by atoms with van der Waals surface area (Å²) in [4.78, 5) is 14.7. The van der Waals surface area contributed by atoms with Crippen LogP contribution in [0.3, 0.4) is 0 Å². The fourth-order valence-corrected chi connectivity index (χ4v) is 2.25. The number of aromatic nitrogens is 1. The van der Waals surface area contributed by atoms with Crippen LogP contribution in [0.1, 0.15) is 15.9 Å². The van der Waals surface area contributed by atoms with E-state index in [4.69, 9.17) is 9.84 Å². The molecule has 2 aromatic carbocycles. The highest BCUT2D eigenvalue weighted by Gasteiger charge is 2.11. The number of carbonyl (C=O) groups is 1. The molecule has 1 heterocycles. The second-order valence-electron chi connectivity index (χ2n) is 4.77. The number of aliphatic hydroxyl groups is 1. The number of benzene rings is 2. The van der Waals surface area contributed by atoms with Crippen LogP contribution in [-0.4, -0.2) is 22.5 Å². The predicted octanol–water partition coefficient (Wildman–Crippen LogP) is 2.92. The Morgan fingerprint density at radius 1 is 1.14 bits per heavy atom. The zero-order valence-electron chi connectivity index (χ0n) is 11.4. The van der Waals surface area contributed by atoms with Gasteiger partial charge in [0.25, 0.3) is 0 Å².